The highest BCUT2D eigenvalue weighted by Gasteiger charge is 2.30. The van der Waals surface area contributed by atoms with Gasteiger partial charge in [0.05, 0.1) is 12.2 Å². The zero-order valence-electron chi connectivity index (χ0n) is 11.2. The van der Waals surface area contributed by atoms with Gasteiger partial charge in [0.1, 0.15) is 6.10 Å². The molecule has 0 amide bonds. The van der Waals surface area contributed by atoms with Crippen LogP contribution in [0.2, 0.25) is 0 Å². The average molecular weight is 304 g/mol. The van der Waals surface area contributed by atoms with E-state index < -0.39 is 29.9 Å². The number of ether oxygens (including phenoxy) is 1. The van der Waals surface area contributed by atoms with Crippen molar-refractivity contribution in [2.45, 2.75) is 25.3 Å². The third kappa shape index (κ3) is 5.20. The summed E-state index contributed by atoms with van der Waals surface area (Å²) >= 11 is 0. The molecule has 0 unspecified atom stereocenters. The van der Waals surface area contributed by atoms with Crippen LogP contribution in [0.3, 0.4) is 0 Å². The molecule has 0 aromatic heterocycles. The number of hydrogen-bond acceptors (Lipinski definition) is 4. The van der Waals surface area contributed by atoms with Gasteiger partial charge in [-0.25, -0.2) is 4.79 Å². The summed E-state index contributed by atoms with van der Waals surface area (Å²) in [6, 6.07) is 4.42. The summed E-state index contributed by atoms with van der Waals surface area (Å²) in [5.74, 6) is -1.00. The molecule has 0 aliphatic carbocycles. The normalized spacial score (nSPS) is 15.0. The molecule has 0 aliphatic heterocycles. The molecule has 0 heterocycles. The highest BCUT2D eigenvalue weighted by Crippen LogP contribution is 2.29. The number of halogens is 3. The number of rotatable bonds is 5. The summed E-state index contributed by atoms with van der Waals surface area (Å²) in [4.78, 5) is 11.2. The first kappa shape index (κ1) is 17.2. The molecule has 1 rings (SSSR count). The van der Waals surface area contributed by atoms with Crippen molar-refractivity contribution in [2.24, 2.45) is 0 Å². The molecule has 2 atom stereocenters. The number of hydrogen-bond donors (Lipinski definition) is 2. The maximum Gasteiger partial charge on any atom is 0.416 e. The fraction of sp³-hybridized carbons (Fsp3) is 0.357. The van der Waals surface area contributed by atoms with Gasteiger partial charge in [-0.3, -0.25) is 0 Å². The molecule has 0 bridgehead atoms. The van der Waals surface area contributed by atoms with E-state index in [0.717, 1.165) is 18.2 Å². The summed E-state index contributed by atoms with van der Waals surface area (Å²) in [7, 11) is 0. The Bertz CT molecular complexity index is 511. The minimum absolute atomic E-state index is 0.0416. The Morgan fingerprint density at radius 2 is 2.05 bits per heavy atom. The van der Waals surface area contributed by atoms with E-state index in [9.17, 15) is 28.2 Å². The molecule has 2 N–H and O–H groups in total. The Balaban J connectivity index is 2.79. The fourth-order valence-electron chi connectivity index (χ4n) is 1.50. The smallest absolute Gasteiger partial charge is 0.416 e. The molecule has 0 fully saturated rings. The number of benzene rings is 1. The van der Waals surface area contributed by atoms with Gasteiger partial charge >= 0.3 is 12.1 Å². The zero-order chi connectivity index (χ0) is 16.0. The third-order valence-electron chi connectivity index (χ3n) is 2.55. The molecule has 7 heteroatoms. The lowest BCUT2D eigenvalue weighted by atomic mass is 10.1. The lowest BCUT2D eigenvalue weighted by Gasteiger charge is -2.13. The van der Waals surface area contributed by atoms with E-state index in [-0.39, 0.29) is 12.2 Å². The Morgan fingerprint density at radius 1 is 1.38 bits per heavy atom. The monoisotopic (exact) mass is 304 g/mol. The van der Waals surface area contributed by atoms with Crippen LogP contribution in [0.25, 0.3) is 6.08 Å². The largest absolute Gasteiger partial charge is 0.464 e. The Kier molecular flexibility index (Phi) is 5.92. The van der Waals surface area contributed by atoms with Crippen LogP contribution in [0.5, 0.6) is 0 Å². The minimum atomic E-state index is -4.47. The molecular weight excluding hydrogens is 289 g/mol. The summed E-state index contributed by atoms with van der Waals surface area (Å²) in [6.45, 7) is 1.58. The molecule has 4 nitrogen and oxygen atoms in total. The predicted octanol–water partition coefficient (Wildman–Crippen LogP) is 2.00. The molecular formula is C14H15F3O4. The molecule has 0 saturated heterocycles. The molecule has 0 spiro atoms. The van der Waals surface area contributed by atoms with Crippen molar-refractivity contribution >= 4 is 12.0 Å². The van der Waals surface area contributed by atoms with Crippen LogP contribution in [-0.2, 0) is 15.7 Å². The second-order valence-electron chi connectivity index (χ2n) is 4.17. The molecule has 0 saturated carbocycles. The quantitative estimate of drug-likeness (QED) is 0.817. The lowest BCUT2D eigenvalue weighted by molar-refractivity contribution is -0.157. The number of carbonyl (C=O) groups is 1. The van der Waals surface area contributed by atoms with Gasteiger partial charge in [0.2, 0.25) is 0 Å². The number of carbonyl (C=O) groups excluding carboxylic acids is 1. The number of aliphatic hydroxyl groups is 2. The van der Waals surface area contributed by atoms with Crippen molar-refractivity contribution in [2.75, 3.05) is 6.61 Å². The van der Waals surface area contributed by atoms with Gasteiger partial charge < -0.3 is 14.9 Å². The molecule has 1 aromatic rings. The molecule has 0 aliphatic rings. The highest BCUT2D eigenvalue weighted by atomic mass is 19.4. The van der Waals surface area contributed by atoms with Gasteiger partial charge in [-0.2, -0.15) is 13.2 Å². The Hall–Kier alpha value is -1.86. The molecule has 0 radical (unpaired) electrons. The van der Waals surface area contributed by atoms with E-state index in [2.05, 4.69) is 4.74 Å². The summed E-state index contributed by atoms with van der Waals surface area (Å²) in [5, 5.41) is 19.0. The summed E-state index contributed by atoms with van der Waals surface area (Å²) < 4.78 is 42.0. The van der Waals surface area contributed by atoms with Crippen molar-refractivity contribution in [3.05, 3.63) is 41.5 Å². The van der Waals surface area contributed by atoms with Gasteiger partial charge in [-0.05, 0) is 24.6 Å². The van der Waals surface area contributed by atoms with Crippen LogP contribution in [0, 0.1) is 0 Å². The van der Waals surface area contributed by atoms with E-state index in [1.165, 1.54) is 25.1 Å². The maximum atomic E-state index is 12.5. The van der Waals surface area contributed by atoms with Gasteiger partial charge in [0.25, 0.3) is 0 Å². The van der Waals surface area contributed by atoms with Crippen molar-refractivity contribution in [1.29, 1.82) is 0 Å². The van der Waals surface area contributed by atoms with E-state index in [0.29, 0.717) is 0 Å². The van der Waals surface area contributed by atoms with E-state index in [1.54, 1.807) is 0 Å². The van der Waals surface area contributed by atoms with Gasteiger partial charge in [-0.1, -0.05) is 24.3 Å². The Morgan fingerprint density at radius 3 is 2.62 bits per heavy atom. The van der Waals surface area contributed by atoms with Gasteiger partial charge in [-0.15, -0.1) is 0 Å². The van der Waals surface area contributed by atoms with Crippen LogP contribution in [0.1, 0.15) is 18.1 Å². The topological polar surface area (TPSA) is 66.8 Å². The third-order valence-corrected chi connectivity index (χ3v) is 2.55. The zero-order valence-corrected chi connectivity index (χ0v) is 11.2. The van der Waals surface area contributed by atoms with Crippen molar-refractivity contribution < 1.29 is 32.9 Å². The van der Waals surface area contributed by atoms with Crippen LogP contribution in [-0.4, -0.2) is 35.0 Å². The van der Waals surface area contributed by atoms with Crippen LogP contribution < -0.4 is 0 Å². The fourth-order valence-corrected chi connectivity index (χ4v) is 1.50. The molecule has 21 heavy (non-hydrogen) atoms. The van der Waals surface area contributed by atoms with Crippen molar-refractivity contribution in [3.63, 3.8) is 0 Å². The Labute approximate surface area is 119 Å². The molecule has 1 aromatic carbocycles. The van der Waals surface area contributed by atoms with Crippen LogP contribution in [0.15, 0.2) is 30.3 Å². The standard InChI is InChI=1S/C14H15F3O4/c1-2-21-13(20)12(19)11(18)7-6-9-4-3-5-10(8-9)14(15,16)17/h3-8,11-12,18-19H,2H2,1H3/b7-6+/t11-,12+/m0/s1. The van der Waals surface area contributed by atoms with Crippen LogP contribution in [0.4, 0.5) is 13.2 Å². The van der Waals surface area contributed by atoms with E-state index in [4.69, 9.17) is 0 Å². The first-order chi connectivity index (χ1) is 9.75. The summed E-state index contributed by atoms with van der Waals surface area (Å²) in [5.41, 5.74) is -0.648. The first-order valence-corrected chi connectivity index (χ1v) is 6.14. The highest BCUT2D eigenvalue weighted by molar-refractivity contribution is 5.75. The predicted molar refractivity (Wildman–Crippen MR) is 69.1 cm³/mol. The second-order valence-corrected chi connectivity index (χ2v) is 4.17. The minimum Gasteiger partial charge on any atom is -0.464 e. The number of esters is 1. The van der Waals surface area contributed by atoms with Crippen molar-refractivity contribution in [1.82, 2.24) is 0 Å². The number of alkyl halides is 3. The van der Waals surface area contributed by atoms with E-state index in [1.807, 2.05) is 0 Å². The van der Waals surface area contributed by atoms with E-state index >= 15 is 0 Å². The second kappa shape index (κ2) is 7.24. The SMILES string of the molecule is CCOC(=O)[C@H](O)[C@@H](O)/C=C/c1cccc(C(F)(F)F)c1. The average Bonchev–Trinajstić information content (AvgIpc) is 2.43. The van der Waals surface area contributed by atoms with Gasteiger partial charge in [0.15, 0.2) is 6.10 Å². The molecule has 116 valence electrons. The van der Waals surface area contributed by atoms with Crippen molar-refractivity contribution in [3.8, 4) is 0 Å². The number of aliphatic hydroxyl groups excluding tert-OH is 2. The van der Waals surface area contributed by atoms with Gasteiger partial charge in [0, 0.05) is 0 Å². The summed E-state index contributed by atoms with van der Waals surface area (Å²) in [6.07, 6.45) is -5.61. The maximum absolute atomic E-state index is 12.5. The lowest BCUT2D eigenvalue weighted by Crippen LogP contribution is -2.34. The first-order valence-electron chi connectivity index (χ1n) is 6.14. The van der Waals surface area contributed by atoms with Crippen LogP contribution >= 0.6 is 0 Å².